The van der Waals surface area contributed by atoms with Crippen molar-refractivity contribution in [3.8, 4) is 35.1 Å². The van der Waals surface area contributed by atoms with E-state index in [0.29, 0.717) is 23.0 Å². The first-order valence-electron chi connectivity index (χ1n) is 7.34. The third-order valence-corrected chi connectivity index (χ3v) is 3.33. The lowest BCUT2D eigenvalue weighted by Gasteiger charge is -2.12. The predicted octanol–water partition coefficient (Wildman–Crippen LogP) is 5.15. The van der Waals surface area contributed by atoms with E-state index in [-0.39, 0.29) is 11.1 Å². The Kier molecular flexibility index (Phi) is 4.60. The Balaban J connectivity index is 1.89. The van der Waals surface area contributed by atoms with Crippen LogP contribution in [0.3, 0.4) is 0 Å². The summed E-state index contributed by atoms with van der Waals surface area (Å²) < 4.78 is 24.8. The van der Waals surface area contributed by atoms with Gasteiger partial charge in [-0.1, -0.05) is 18.2 Å². The quantitative estimate of drug-likeness (QED) is 0.663. The van der Waals surface area contributed by atoms with Crippen molar-refractivity contribution >= 4 is 0 Å². The van der Waals surface area contributed by atoms with Gasteiger partial charge in [0.15, 0.2) is 11.5 Å². The highest BCUT2D eigenvalue weighted by molar-refractivity contribution is 5.51. The lowest BCUT2D eigenvalue weighted by molar-refractivity contribution is 0.417. The van der Waals surface area contributed by atoms with Gasteiger partial charge in [0.1, 0.15) is 29.5 Å². The molecule has 0 aliphatic rings. The van der Waals surface area contributed by atoms with Gasteiger partial charge in [0.25, 0.3) is 0 Å². The lowest BCUT2D eigenvalue weighted by atomic mass is 10.1. The summed E-state index contributed by atoms with van der Waals surface area (Å²) in [6.07, 6.45) is 0. The monoisotopic (exact) mass is 330 g/mol. The number of halogens is 1. The van der Waals surface area contributed by atoms with Crippen LogP contribution in [0.5, 0.6) is 23.0 Å². The molecule has 0 radical (unpaired) electrons. The molecule has 0 aliphatic heterocycles. The molecule has 0 N–H and O–H groups in total. The van der Waals surface area contributed by atoms with E-state index >= 15 is 0 Å². The van der Waals surface area contributed by atoms with Crippen LogP contribution in [0.15, 0.2) is 66.7 Å². The van der Waals surface area contributed by atoms with E-state index in [9.17, 15) is 4.39 Å². The van der Waals surface area contributed by atoms with Gasteiger partial charge in [-0.2, -0.15) is 10.5 Å². The zero-order chi connectivity index (χ0) is 17.6. The molecular weight excluding hydrogens is 319 g/mol. The molecule has 0 saturated carbocycles. The van der Waals surface area contributed by atoms with Gasteiger partial charge in [-0.25, -0.2) is 4.39 Å². The summed E-state index contributed by atoms with van der Waals surface area (Å²) in [6, 6.07) is 21.2. The summed E-state index contributed by atoms with van der Waals surface area (Å²) in [5, 5.41) is 18.1. The van der Waals surface area contributed by atoms with Crippen molar-refractivity contribution in [3.05, 3.63) is 83.7 Å². The van der Waals surface area contributed by atoms with Gasteiger partial charge in [0.2, 0.25) is 0 Å². The molecule has 0 saturated heterocycles. The highest BCUT2D eigenvalue weighted by Crippen LogP contribution is 2.35. The second-order valence-corrected chi connectivity index (χ2v) is 5.04. The lowest BCUT2D eigenvalue weighted by Crippen LogP contribution is -1.92. The Labute approximate surface area is 143 Å². The molecule has 3 aromatic rings. The standard InChI is InChI=1S/C20H11FN2O2/c21-16-4-3-5-17(11-16)24-19-6-1-2-7-20(19)25-18-9-8-14(12-22)15(10-18)13-23/h1-11H. The number of para-hydroxylation sites is 2. The molecule has 0 spiro atoms. The van der Waals surface area contributed by atoms with Gasteiger partial charge < -0.3 is 9.47 Å². The van der Waals surface area contributed by atoms with Crippen LogP contribution in [-0.2, 0) is 0 Å². The number of rotatable bonds is 4. The molecule has 25 heavy (non-hydrogen) atoms. The summed E-state index contributed by atoms with van der Waals surface area (Å²) in [5.74, 6) is 1.14. The van der Waals surface area contributed by atoms with E-state index in [4.69, 9.17) is 20.0 Å². The molecule has 0 bridgehead atoms. The van der Waals surface area contributed by atoms with Crippen molar-refractivity contribution in [2.24, 2.45) is 0 Å². The third kappa shape index (κ3) is 3.74. The molecule has 5 heteroatoms. The van der Waals surface area contributed by atoms with E-state index in [2.05, 4.69) is 0 Å². The van der Waals surface area contributed by atoms with Crippen LogP contribution in [-0.4, -0.2) is 0 Å². The van der Waals surface area contributed by atoms with Crippen molar-refractivity contribution < 1.29 is 13.9 Å². The van der Waals surface area contributed by atoms with Gasteiger partial charge >= 0.3 is 0 Å². The van der Waals surface area contributed by atoms with E-state index < -0.39 is 5.82 Å². The van der Waals surface area contributed by atoms with Gasteiger partial charge in [-0.05, 0) is 42.5 Å². The molecular formula is C20H11FN2O2. The van der Waals surface area contributed by atoms with Gasteiger partial charge in [-0.3, -0.25) is 0 Å². The van der Waals surface area contributed by atoms with E-state index in [1.54, 1.807) is 42.5 Å². The second-order valence-electron chi connectivity index (χ2n) is 5.04. The first-order valence-corrected chi connectivity index (χ1v) is 7.34. The van der Waals surface area contributed by atoms with Crippen LogP contribution < -0.4 is 9.47 Å². The van der Waals surface area contributed by atoms with Crippen LogP contribution in [0.1, 0.15) is 11.1 Å². The Bertz CT molecular complexity index is 1000. The first-order chi connectivity index (χ1) is 12.2. The maximum absolute atomic E-state index is 13.3. The van der Waals surface area contributed by atoms with Crippen molar-refractivity contribution in [2.45, 2.75) is 0 Å². The number of hydrogen-bond acceptors (Lipinski definition) is 4. The van der Waals surface area contributed by atoms with Crippen LogP contribution in [0.25, 0.3) is 0 Å². The molecule has 0 aliphatic carbocycles. The van der Waals surface area contributed by atoms with Gasteiger partial charge in [0.05, 0.1) is 11.1 Å². The fraction of sp³-hybridized carbons (Fsp3) is 0. The minimum Gasteiger partial charge on any atom is -0.453 e. The Morgan fingerprint density at radius 2 is 1.32 bits per heavy atom. The first kappa shape index (κ1) is 16.0. The van der Waals surface area contributed by atoms with Crippen LogP contribution in [0.4, 0.5) is 4.39 Å². The summed E-state index contributed by atoms with van der Waals surface area (Å²) >= 11 is 0. The zero-order valence-electron chi connectivity index (χ0n) is 12.9. The fourth-order valence-electron chi connectivity index (χ4n) is 2.18. The highest BCUT2D eigenvalue weighted by atomic mass is 19.1. The molecule has 0 amide bonds. The van der Waals surface area contributed by atoms with Crippen LogP contribution in [0, 0.1) is 28.5 Å². The normalized spacial score (nSPS) is 9.72. The molecule has 3 aromatic carbocycles. The minimum atomic E-state index is -0.401. The topological polar surface area (TPSA) is 66.0 Å². The zero-order valence-corrected chi connectivity index (χ0v) is 12.9. The van der Waals surface area contributed by atoms with E-state index in [1.165, 1.54) is 24.3 Å². The number of nitriles is 2. The number of hydrogen-bond donors (Lipinski definition) is 0. The number of nitrogens with zero attached hydrogens (tertiary/aromatic N) is 2. The summed E-state index contributed by atoms with van der Waals surface area (Å²) in [7, 11) is 0. The summed E-state index contributed by atoms with van der Waals surface area (Å²) in [4.78, 5) is 0. The fourth-order valence-corrected chi connectivity index (χ4v) is 2.18. The minimum absolute atomic E-state index is 0.225. The Morgan fingerprint density at radius 1 is 0.680 bits per heavy atom. The molecule has 4 nitrogen and oxygen atoms in total. The third-order valence-electron chi connectivity index (χ3n) is 3.33. The van der Waals surface area contributed by atoms with Crippen molar-refractivity contribution in [1.29, 1.82) is 10.5 Å². The SMILES string of the molecule is N#Cc1ccc(Oc2ccccc2Oc2cccc(F)c2)cc1C#N. The average Bonchev–Trinajstić information content (AvgIpc) is 2.63. The predicted molar refractivity (Wildman–Crippen MR) is 88.9 cm³/mol. The molecule has 0 heterocycles. The van der Waals surface area contributed by atoms with Crippen molar-refractivity contribution in [2.75, 3.05) is 0 Å². The summed E-state index contributed by atoms with van der Waals surface area (Å²) in [5.41, 5.74) is 0.502. The molecule has 0 unspecified atom stereocenters. The maximum atomic E-state index is 13.3. The van der Waals surface area contributed by atoms with E-state index in [0.717, 1.165) is 0 Å². The summed E-state index contributed by atoms with van der Waals surface area (Å²) in [6.45, 7) is 0. The van der Waals surface area contributed by atoms with Crippen LogP contribution in [0.2, 0.25) is 0 Å². The van der Waals surface area contributed by atoms with Crippen LogP contribution >= 0.6 is 0 Å². The number of benzene rings is 3. The van der Waals surface area contributed by atoms with Gasteiger partial charge in [0, 0.05) is 6.07 Å². The van der Waals surface area contributed by atoms with Crippen molar-refractivity contribution in [3.63, 3.8) is 0 Å². The second kappa shape index (κ2) is 7.16. The molecule has 0 atom stereocenters. The molecule has 120 valence electrons. The Morgan fingerprint density at radius 3 is 1.92 bits per heavy atom. The van der Waals surface area contributed by atoms with Crippen molar-refractivity contribution in [1.82, 2.24) is 0 Å². The van der Waals surface area contributed by atoms with E-state index in [1.807, 2.05) is 12.1 Å². The van der Waals surface area contributed by atoms with Gasteiger partial charge in [-0.15, -0.1) is 0 Å². The average molecular weight is 330 g/mol. The smallest absolute Gasteiger partial charge is 0.169 e. The number of ether oxygens (including phenoxy) is 2. The largest absolute Gasteiger partial charge is 0.453 e. The molecule has 3 rings (SSSR count). The maximum Gasteiger partial charge on any atom is 0.169 e. The highest BCUT2D eigenvalue weighted by Gasteiger charge is 2.09. The Hall–Kier alpha value is -3.83. The molecule has 0 fully saturated rings. The molecule has 0 aromatic heterocycles.